The van der Waals surface area contributed by atoms with Crippen LogP contribution in [0.15, 0.2) is 23.0 Å². The van der Waals surface area contributed by atoms with E-state index in [0.717, 1.165) is 16.9 Å². The largest absolute Gasteiger partial charge is 0.482 e. The van der Waals surface area contributed by atoms with Gasteiger partial charge in [-0.25, -0.2) is 9.78 Å². The van der Waals surface area contributed by atoms with Gasteiger partial charge in [0.2, 0.25) is 5.82 Å². The van der Waals surface area contributed by atoms with Crippen LogP contribution in [0, 0.1) is 6.92 Å². The fraction of sp³-hybridized carbons (Fsp3) is 0.211. The number of thiophene rings is 1. The lowest BCUT2D eigenvalue weighted by atomic mass is 10.1. The topological polar surface area (TPSA) is 185 Å². The summed E-state index contributed by atoms with van der Waals surface area (Å²) < 4.78 is 5.18. The first-order chi connectivity index (χ1) is 14.7. The number of halogens is 1. The number of nitrogens with zero attached hydrogens (tertiary/aromatic N) is 1. The van der Waals surface area contributed by atoms with Crippen molar-refractivity contribution < 1.29 is 29.3 Å². The second-order valence-corrected chi connectivity index (χ2v) is 7.58. The Morgan fingerprint density at radius 2 is 2.00 bits per heavy atom. The molecule has 0 spiro atoms. The molecule has 11 nitrogen and oxygen atoms in total. The molecular formula is C19H19ClN4O7S. The zero-order valence-corrected chi connectivity index (χ0v) is 18.3. The third-order valence-corrected chi connectivity index (χ3v) is 5.51. The van der Waals surface area contributed by atoms with Gasteiger partial charge in [0.25, 0.3) is 11.5 Å². The number of carbonyl (C=O) groups is 3. The van der Waals surface area contributed by atoms with Gasteiger partial charge in [0.1, 0.15) is 10.6 Å². The van der Waals surface area contributed by atoms with Gasteiger partial charge in [-0.15, -0.1) is 23.7 Å². The minimum absolute atomic E-state index is 0. The number of carbonyl (C=O) groups excluding carboxylic acids is 1. The van der Waals surface area contributed by atoms with Gasteiger partial charge in [-0.2, -0.15) is 0 Å². The molecule has 6 N–H and O–H groups in total. The molecule has 13 heteroatoms. The summed E-state index contributed by atoms with van der Waals surface area (Å²) in [6, 6.07) is 5.53. The minimum atomic E-state index is -1.33. The molecule has 2 aromatic heterocycles. The predicted molar refractivity (Wildman–Crippen MR) is 119 cm³/mol. The molecule has 0 saturated carbocycles. The van der Waals surface area contributed by atoms with E-state index in [9.17, 15) is 19.2 Å². The van der Waals surface area contributed by atoms with Crippen LogP contribution < -0.4 is 21.3 Å². The third-order valence-electron chi connectivity index (χ3n) is 4.33. The SMILES string of the molecule is Cc1c(CC(=O)O)sc2nc(C(=O)O)[nH]c(=O)c12.Cl.NCc1ccc2c(c1)NC(=O)CO2. The third kappa shape index (κ3) is 5.41. The molecule has 1 aliphatic heterocycles. The highest BCUT2D eigenvalue weighted by atomic mass is 35.5. The first-order valence-corrected chi connectivity index (χ1v) is 9.74. The quantitative estimate of drug-likeness (QED) is 0.367. The number of hydrogen-bond acceptors (Lipinski definition) is 8. The number of carboxylic acids is 2. The number of benzene rings is 1. The normalized spacial score (nSPS) is 11.9. The van der Waals surface area contributed by atoms with E-state index in [2.05, 4.69) is 15.3 Å². The zero-order valence-electron chi connectivity index (χ0n) is 16.6. The van der Waals surface area contributed by atoms with Gasteiger partial charge in [0.15, 0.2) is 6.61 Å². The molecule has 3 heterocycles. The van der Waals surface area contributed by atoms with Crippen molar-refractivity contribution in [2.45, 2.75) is 19.9 Å². The van der Waals surface area contributed by atoms with Crippen molar-refractivity contribution in [1.82, 2.24) is 9.97 Å². The number of hydrogen-bond donors (Lipinski definition) is 5. The number of aliphatic carboxylic acids is 1. The monoisotopic (exact) mass is 482 g/mol. The van der Waals surface area contributed by atoms with Gasteiger partial charge in [0, 0.05) is 11.4 Å². The van der Waals surface area contributed by atoms with Gasteiger partial charge in [-0.3, -0.25) is 14.4 Å². The number of nitrogens with one attached hydrogen (secondary N) is 2. The first-order valence-electron chi connectivity index (χ1n) is 8.92. The Hall–Kier alpha value is -3.48. The van der Waals surface area contributed by atoms with Gasteiger partial charge >= 0.3 is 11.9 Å². The van der Waals surface area contributed by atoms with Crippen LogP contribution in [0.4, 0.5) is 5.69 Å². The van der Waals surface area contributed by atoms with Crippen LogP contribution in [0.3, 0.4) is 0 Å². The summed E-state index contributed by atoms with van der Waals surface area (Å²) in [7, 11) is 0. The van der Waals surface area contributed by atoms with Crippen LogP contribution in [0.1, 0.15) is 26.6 Å². The maximum Gasteiger partial charge on any atom is 0.372 e. The highest BCUT2D eigenvalue weighted by molar-refractivity contribution is 7.18. The smallest absolute Gasteiger partial charge is 0.372 e. The lowest BCUT2D eigenvalue weighted by molar-refractivity contribution is -0.136. The van der Waals surface area contributed by atoms with E-state index >= 15 is 0 Å². The van der Waals surface area contributed by atoms with E-state index in [-0.39, 0.29) is 41.6 Å². The van der Waals surface area contributed by atoms with E-state index in [1.807, 2.05) is 18.2 Å². The van der Waals surface area contributed by atoms with E-state index in [1.54, 1.807) is 6.92 Å². The molecule has 0 radical (unpaired) electrons. The molecule has 3 aromatic rings. The first kappa shape index (κ1) is 24.8. The Morgan fingerprint density at radius 1 is 1.28 bits per heavy atom. The highest BCUT2D eigenvalue weighted by Crippen LogP contribution is 2.28. The minimum Gasteiger partial charge on any atom is -0.482 e. The molecule has 0 atom stereocenters. The average Bonchev–Trinajstić information content (AvgIpc) is 3.02. The Kier molecular flexibility index (Phi) is 7.92. The fourth-order valence-electron chi connectivity index (χ4n) is 2.85. The maximum absolute atomic E-state index is 11.7. The lowest BCUT2D eigenvalue weighted by Crippen LogP contribution is -2.25. The molecule has 0 bridgehead atoms. The molecule has 4 rings (SSSR count). The van der Waals surface area contributed by atoms with Crippen molar-refractivity contribution >= 4 is 57.5 Å². The Labute approximate surface area is 190 Å². The number of anilines is 1. The van der Waals surface area contributed by atoms with Gasteiger partial charge in [0.05, 0.1) is 17.5 Å². The van der Waals surface area contributed by atoms with Crippen molar-refractivity contribution in [1.29, 1.82) is 0 Å². The van der Waals surface area contributed by atoms with Crippen LogP contribution >= 0.6 is 23.7 Å². The Bertz CT molecular complexity index is 1250. The molecule has 0 saturated heterocycles. The lowest BCUT2D eigenvalue weighted by Gasteiger charge is -2.18. The van der Waals surface area contributed by atoms with E-state index in [1.165, 1.54) is 0 Å². The number of aromatic carboxylic acids is 1. The summed E-state index contributed by atoms with van der Waals surface area (Å²) in [5.74, 6) is -2.21. The molecule has 1 aromatic carbocycles. The number of rotatable bonds is 4. The summed E-state index contributed by atoms with van der Waals surface area (Å²) in [5.41, 5.74) is 7.11. The number of carboxylic acid groups (broad SMARTS) is 2. The van der Waals surface area contributed by atoms with Crippen molar-refractivity contribution in [2.24, 2.45) is 5.73 Å². The van der Waals surface area contributed by atoms with E-state index in [4.69, 9.17) is 20.7 Å². The standard InChI is InChI=1S/C10H8N2O5S.C9H10N2O2.ClH/c1-3-4(2-5(13)14)18-9-6(3)8(15)11-7(12-9)10(16)17;10-4-6-1-2-8-7(3-6)11-9(12)5-13-8;/h2H2,1H3,(H,13,14)(H,16,17)(H,11,12,15);1-3H,4-5,10H2,(H,11,12);1H. The fourth-order valence-corrected chi connectivity index (χ4v) is 4.02. The van der Waals surface area contributed by atoms with Gasteiger partial charge in [-0.05, 0) is 30.2 Å². The molecule has 170 valence electrons. The number of aromatic nitrogens is 2. The number of nitrogens with two attached hydrogens (primary N) is 1. The molecule has 1 amide bonds. The number of fused-ring (bicyclic) bond motifs is 2. The van der Waals surface area contributed by atoms with Crippen LogP contribution in [-0.2, 0) is 22.6 Å². The number of aromatic amines is 1. The average molecular weight is 483 g/mol. The zero-order chi connectivity index (χ0) is 22.7. The van der Waals surface area contributed by atoms with E-state index in [0.29, 0.717) is 28.4 Å². The van der Waals surface area contributed by atoms with Crippen LogP contribution in [0.5, 0.6) is 5.75 Å². The second-order valence-electron chi connectivity index (χ2n) is 6.49. The second kappa shape index (κ2) is 10.2. The molecule has 0 fully saturated rings. The molecular weight excluding hydrogens is 464 g/mol. The van der Waals surface area contributed by atoms with Gasteiger partial charge in [-0.1, -0.05) is 6.07 Å². The van der Waals surface area contributed by atoms with Gasteiger partial charge < -0.3 is 31.0 Å². The molecule has 0 unspecified atom stereocenters. The Balaban J connectivity index is 0.000000230. The van der Waals surface area contributed by atoms with Crippen LogP contribution in [0.25, 0.3) is 10.2 Å². The maximum atomic E-state index is 11.7. The van der Waals surface area contributed by atoms with Crippen molar-refractivity contribution in [3.05, 3.63) is 50.4 Å². The predicted octanol–water partition coefficient (Wildman–Crippen LogP) is 1.52. The van der Waals surface area contributed by atoms with Crippen LogP contribution in [-0.4, -0.2) is 44.6 Å². The van der Waals surface area contributed by atoms with Crippen molar-refractivity contribution in [2.75, 3.05) is 11.9 Å². The number of H-pyrrole nitrogens is 1. The summed E-state index contributed by atoms with van der Waals surface area (Å²) in [5, 5.41) is 20.5. The number of amides is 1. The summed E-state index contributed by atoms with van der Waals surface area (Å²) in [4.78, 5) is 50.8. The summed E-state index contributed by atoms with van der Waals surface area (Å²) in [6.07, 6.45) is -0.214. The highest BCUT2D eigenvalue weighted by Gasteiger charge is 2.18. The number of ether oxygens (including phenoxy) is 1. The molecule has 1 aliphatic rings. The summed E-state index contributed by atoms with van der Waals surface area (Å²) >= 11 is 1.02. The van der Waals surface area contributed by atoms with Crippen molar-refractivity contribution in [3.8, 4) is 5.75 Å². The van der Waals surface area contributed by atoms with Crippen LogP contribution in [0.2, 0.25) is 0 Å². The summed E-state index contributed by atoms with van der Waals surface area (Å²) in [6.45, 7) is 2.17. The Morgan fingerprint density at radius 3 is 2.62 bits per heavy atom. The molecule has 32 heavy (non-hydrogen) atoms. The van der Waals surface area contributed by atoms with Crippen molar-refractivity contribution in [3.63, 3.8) is 0 Å². The van der Waals surface area contributed by atoms with E-state index < -0.39 is 23.3 Å². The molecule has 0 aliphatic carbocycles. The number of aryl methyl sites for hydroxylation is 1.